The van der Waals surface area contributed by atoms with Gasteiger partial charge in [0, 0.05) is 30.6 Å². The molecule has 4 nitrogen and oxygen atoms in total. The van der Waals surface area contributed by atoms with Gasteiger partial charge in [-0.15, -0.1) is 0 Å². The molecule has 1 aromatic carbocycles. The van der Waals surface area contributed by atoms with Crippen molar-refractivity contribution in [3.8, 4) is 5.75 Å². The monoisotopic (exact) mass is 295 g/mol. The van der Waals surface area contributed by atoms with Gasteiger partial charge in [-0.25, -0.2) is 4.79 Å². The molecule has 1 atom stereocenters. The lowest BCUT2D eigenvalue weighted by atomic mass is 10.2. The number of ether oxygens (including phenoxy) is 1. The third-order valence-electron chi connectivity index (χ3n) is 3.46. The minimum Gasteiger partial charge on any atom is -0.491 e. The Morgan fingerprint density at radius 2 is 2.30 bits per heavy atom. The topological polar surface area (TPSA) is 49.8 Å². The van der Waals surface area contributed by atoms with E-state index in [-0.39, 0.29) is 5.56 Å². The first-order valence-corrected chi connectivity index (χ1v) is 8.04. The van der Waals surface area contributed by atoms with Gasteiger partial charge in [0.2, 0.25) is 0 Å². The van der Waals surface area contributed by atoms with Crippen molar-refractivity contribution in [2.45, 2.75) is 18.6 Å². The van der Waals surface area contributed by atoms with E-state index in [2.05, 4.69) is 11.8 Å². The highest BCUT2D eigenvalue weighted by Gasteiger charge is 2.18. The minimum absolute atomic E-state index is 0.230. The summed E-state index contributed by atoms with van der Waals surface area (Å²) in [7, 11) is 0. The molecule has 5 heteroatoms. The van der Waals surface area contributed by atoms with E-state index in [1.165, 1.54) is 12.2 Å². The molecule has 1 aliphatic rings. The SMILES string of the molecule is CCC1CN(CCOc2ccccc2C(=O)O)CCS1. The quantitative estimate of drug-likeness (QED) is 0.874. The maximum Gasteiger partial charge on any atom is 0.339 e. The number of hydrogen-bond donors (Lipinski definition) is 1. The molecule has 1 unspecified atom stereocenters. The number of carboxylic acids is 1. The Morgan fingerprint density at radius 1 is 1.50 bits per heavy atom. The first-order valence-electron chi connectivity index (χ1n) is 6.99. The number of hydrogen-bond acceptors (Lipinski definition) is 4. The third-order valence-corrected chi connectivity index (χ3v) is 4.83. The van der Waals surface area contributed by atoms with Crippen molar-refractivity contribution in [3.63, 3.8) is 0 Å². The Balaban J connectivity index is 1.82. The summed E-state index contributed by atoms with van der Waals surface area (Å²) in [5.41, 5.74) is 0.230. The summed E-state index contributed by atoms with van der Waals surface area (Å²) in [5.74, 6) is 0.684. The van der Waals surface area contributed by atoms with Crippen LogP contribution in [0.3, 0.4) is 0 Å². The van der Waals surface area contributed by atoms with Gasteiger partial charge >= 0.3 is 5.97 Å². The van der Waals surface area contributed by atoms with Crippen molar-refractivity contribution < 1.29 is 14.6 Å². The normalized spacial score (nSPS) is 19.8. The lowest BCUT2D eigenvalue weighted by Gasteiger charge is -2.31. The number of thioether (sulfide) groups is 1. The van der Waals surface area contributed by atoms with Crippen LogP contribution in [0, 0.1) is 0 Å². The Kier molecular flexibility index (Phi) is 5.73. The fourth-order valence-electron chi connectivity index (χ4n) is 2.28. The first-order chi connectivity index (χ1) is 9.70. The molecule has 0 amide bonds. The molecule has 110 valence electrons. The van der Waals surface area contributed by atoms with Gasteiger partial charge in [0.25, 0.3) is 0 Å². The highest BCUT2D eigenvalue weighted by molar-refractivity contribution is 8.00. The molecule has 1 saturated heterocycles. The average molecular weight is 295 g/mol. The van der Waals surface area contributed by atoms with E-state index in [0.29, 0.717) is 12.4 Å². The van der Waals surface area contributed by atoms with E-state index in [4.69, 9.17) is 9.84 Å². The van der Waals surface area contributed by atoms with Gasteiger partial charge in [0.1, 0.15) is 17.9 Å². The number of carbonyl (C=O) groups is 1. The predicted octanol–water partition coefficient (Wildman–Crippen LogP) is 2.59. The van der Waals surface area contributed by atoms with Crippen molar-refractivity contribution in [2.75, 3.05) is 32.0 Å². The zero-order valence-electron chi connectivity index (χ0n) is 11.7. The molecule has 0 saturated carbocycles. The highest BCUT2D eigenvalue weighted by Crippen LogP contribution is 2.21. The van der Waals surface area contributed by atoms with Crippen LogP contribution in [0.2, 0.25) is 0 Å². The maximum atomic E-state index is 11.1. The van der Waals surface area contributed by atoms with Crippen LogP contribution in [0.1, 0.15) is 23.7 Å². The Hall–Kier alpha value is -1.20. The number of rotatable bonds is 6. The molecule has 0 aromatic heterocycles. The molecule has 2 rings (SSSR count). The molecule has 0 bridgehead atoms. The molecule has 0 aliphatic carbocycles. The fraction of sp³-hybridized carbons (Fsp3) is 0.533. The Bertz CT molecular complexity index is 452. The maximum absolute atomic E-state index is 11.1. The number of nitrogens with zero attached hydrogens (tertiary/aromatic N) is 1. The lowest BCUT2D eigenvalue weighted by molar-refractivity contribution is 0.0691. The van der Waals surface area contributed by atoms with Crippen molar-refractivity contribution in [2.24, 2.45) is 0 Å². The van der Waals surface area contributed by atoms with Crippen molar-refractivity contribution in [1.29, 1.82) is 0 Å². The molecule has 20 heavy (non-hydrogen) atoms. The summed E-state index contributed by atoms with van der Waals surface area (Å²) >= 11 is 2.04. The summed E-state index contributed by atoms with van der Waals surface area (Å²) in [6.45, 7) is 5.80. The van der Waals surface area contributed by atoms with Gasteiger partial charge in [-0.05, 0) is 18.6 Å². The fourth-order valence-corrected chi connectivity index (χ4v) is 3.53. The summed E-state index contributed by atoms with van der Waals surface area (Å²) in [6.07, 6.45) is 1.20. The van der Waals surface area contributed by atoms with Crippen LogP contribution in [-0.2, 0) is 0 Å². The average Bonchev–Trinajstić information content (AvgIpc) is 2.48. The molecule has 0 radical (unpaired) electrons. The van der Waals surface area contributed by atoms with Crippen molar-refractivity contribution in [3.05, 3.63) is 29.8 Å². The van der Waals surface area contributed by atoms with E-state index in [1.54, 1.807) is 24.3 Å². The van der Waals surface area contributed by atoms with Crippen LogP contribution in [0.5, 0.6) is 5.75 Å². The van der Waals surface area contributed by atoms with Crippen LogP contribution < -0.4 is 4.74 Å². The molecule has 1 heterocycles. The molecule has 1 aliphatic heterocycles. The van der Waals surface area contributed by atoms with Crippen molar-refractivity contribution >= 4 is 17.7 Å². The second-order valence-electron chi connectivity index (χ2n) is 4.85. The summed E-state index contributed by atoms with van der Waals surface area (Å²) in [5, 5.41) is 9.80. The summed E-state index contributed by atoms with van der Waals surface area (Å²) < 4.78 is 5.64. The lowest BCUT2D eigenvalue weighted by Crippen LogP contribution is -2.39. The number of benzene rings is 1. The van der Waals surface area contributed by atoms with Crippen LogP contribution in [-0.4, -0.2) is 53.2 Å². The number of carboxylic acid groups (broad SMARTS) is 1. The Morgan fingerprint density at radius 3 is 3.05 bits per heavy atom. The second kappa shape index (κ2) is 7.55. The van der Waals surface area contributed by atoms with Gasteiger partial charge in [-0.2, -0.15) is 11.8 Å². The van der Waals surface area contributed by atoms with Crippen LogP contribution in [0.4, 0.5) is 0 Å². The highest BCUT2D eigenvalue weighted by atomic mass is 32.2. The second-order valence-corrected chi connectivity index (χ2v) is 6.26. The van der Waals surface area contributed by atoms with Gasteiger partial charge in [0.05, 0.1) is 0 Å². The van der Waals surface area contributed by atoms with E-state index < -0.39 is 5.97 Å². The third kappa shape index (κ3) is 4.15. The van der Waals surface area contributed by atoms with Crippen LogP contribution in [0.25, 0.3) is 0 Å². The number of para-hydroxylation sites is 1. The largest absolute Gasteiger partial charge is 0.491 e. The van der Waals surface area contributed by atoms with Crippen LogP contribution in [0.15, 0.2) is 24.3 Å². The molecule has 1 N–H and O–H groups in total. The van der Waals surface area contributed by atoms with E-state index in [1.807, 2.05) is 11.8 Å². The summed E-state index contributed by atoms with van der Waals surface area (Å²) in [6, 6.07) is 6.79. The molecule has 1 aromatic rings. The molecule has 0 spiro atoms. The number of aromatic carboxylic acids is 1. The summed E-state index contributed by atoms with van der Waals surface area (Å²) in [4.78, 5) is 13.5. The minimum atomic E-state index is -0.944. The van der Waals surface area contributed by atoms with Gasteiger partial charge in [-0.1, -0.05) is 19.1 Å². The molecular weight excluding hydrogens is 274 g/mol. The predicted molar refractivity (Wildman–Crippen MR) is 81.9 cm³/mol. The standard InChI is InChI=1S/C15H21NO3S/c1-2-12-11-16(8-10-20-12)7-9-19-14-6-4-3-5-13(14)15(17)18/h3-6,12H,2,7-11H2,1H3,(H,17,18). The smallest absolute Gasteiger partial charge is 0.339 e. The molecule has 1 fully saturated rings. The van der Waals surface area contributed by atoms with Gasteiger partial charge in [-0.3, -0.25) is 4.90 Å². The van der Waals surface area contributed by atoms with Gasteiger partial charge < -0.3 is 9.84 Å². The van der Waals surface area contributed by atoms with E-state index in [0.717, 1.165) is 24.9 Å². The van der Waals surface area contributed by atoms with Gasteiger partial charge in [0.15, 0.2) is 0 Å². The first kappa shape index (κ1) is 15.2. The van der Waals surface area contributed by atoms with Crippen molar-refractivity contribution in [1.82, 2.24) is 4.90 Å². The Labute approximate surface area is 124 Å². The van der Waals surface area contributed by atoms with Crippen LogP contribution >= 0.6 is 11.8 Å². The zero-order valence-corrected chi connectivity index (χ0v) is 12.6. The van der Waals surface area contributed by atoms with E-state index in [9.17, 15) is 4.79 Å². The van der Waals surface area contributed by atoms with E-state index >= 15 is 0 Å². The zero-order chi connectivity index (χ0) is 14.4. The molecular formula is C15H21NO3S.